The van der Waals surface area contributed by atoms with E-state index in [4.69, 9.17) is 0 Å². The predicted molar refractivity (Wildman–Crippen MR) is 147 cm³/mol. The molecule has 0 amide bonds. The average Bonchev–Trinajstić information content (AvgIpc) is 3.61. The van der Waals surface area contributed by atoms with E-state index in [1.54, 1.807) is 36.5 Å². The number of fused-ring (bicyclic) bond motifs is 1. The van der Waals surface area contributed by atoms with E-state index in [2.05, 4.69) is 25.5 Å². The molecule has 1 atom stereocenters. The molecule has 0 saturated heterocycles. The van der Waals surface area contributed by atoms with Crippen molar-refractivity contribution >= 4 is 11.3 Å². The first kappa shape index (κ1) is 27.1. The minimum absolute atomic E-state index is 0.0120. The van der Waals surface area contributed by atoms with Crippen molar-refractivity contribution in [1.29, 1.82) is 0 Å². The Morgan fingerprint density at radius 2 is 1.64 bits per heavy atom. The zero-order chi connectivity index (χ0) is 29.3. The minimum Gasteiger partial charge on any atom is -0.383 e. The Morgan fingerprint density at radius 1 is 0.857 bits per heavy atom. The number of aromatic nitrogens is 6. The molecule has 4 aromatic heterocycles. The van der Waals surface area contributed by atoms with Crippen LogP contribution in [0.3, 0.4) is 0 Å². The van der Waals surface area contributed by atoms with Crippen LogP contribution >= 0.6 is 0 Å². The van der Waals surface area contributed by atoms with Gasteiger partial charge in [0.25, 0.3) is 0 Å². The van der Waals surface area contributed by atoms with E-state index >= 15 is 0 Å². The van der Waals surface area contributed by atoms with Gasteiger partial charge in [0, 0.05) is 35.5 Å². The summed E-state index contributed by atoms with van der Waals surface area (Å²) < 4.78 is 58.8. The number of anilines is 1. The molecule has 12 heteroatoms. The maximum Gasteiger partial charge on any atom is 0.141 e. The van der Waals surface area contributed by atoms with Gasteiger partial charge in [0.05, 0.1) is 18.3 Å². The van der Waals surface area contributed by atoms with E-state index in [-0.39, 0.29) is 25.1 Å². The number of rotatable bonds is 9. The van der Waals surface area contributed by atoms with Crippen LogP contribution in [0, 0.1) is 23.3 Å². The number of nitrogens with one attached hydrogen (secondary N) is 1. The number of benzene rings is 2. The molecule has 42 heavy (non-hydrogen) atoms. The summed E-state index contributed by atoms with van der Waals surface area (Å²) in [5.74, 6) is -2.05. The van der Waals surface area contributed by atoms with Gasteiger partial charge in [0.15, 0.2) is 0 Å². The largest absolute Gasteiger partial charge is 0.383 e. The van der Waals surface area contributed by atoms with Crippen molar-refractivity contribution in [2.75, 3.05) is 11.9 Å². The third-order valence-electron chi connectivity index (χ3n) is 6.93. The monoisotopic (exact) mass is 573 g/mol. The second kappa shape index (κ2) is 11.1. The van der Waals surface area contributed by atoms with Gasteiger partial charge in [-0.15, -0.1) is 0 Å². The normalized spacial score (nSPS) is 12.9. The van der Waals surface area contributed by atoms with Crippen LogP contribution in [-0.4, -0.2) is 41.0 Å². The molecule has 0 aliphatic rings. The third kappa shape index (κ3) is 5.44. The van der Waals surface area contributed by atoms with Gasteiger partial charge in [-0.2, -0.15) is 10.2 Å². The van der Waals surface area contributed by atoms with Crippen LogP contribution in [-0.2, 0) is 12.1 Å². The third-order valence-corrected chi connectivity index (χ3v) is 6.93. The number of aliphatic hydroxyl groups is 1. The van der Waals surface area contributed by atoms with Crippen molar-refractivity contribution in [1.82, 2.24) is 29.4 Å². The molecule has 0 bridgehead atoms. The fourth-order valence-electron chi connectivity index (χ4n) is 4.95. The maximum absolute atomic E-state index is 14.8. The number of hydrogen-bond acceptors (Lipinski definition) is 6. The summed E-state index contributed by atoms with van der Waals surface area (Å²) in [6.45, 7) is 0.0357. The molecule has 6 rings (SSSR count). The minimum atomic E-state index is -1.75. The highest BCUT2D eigenvalue weighted by atomic mass is 19.1. The molecular formula is C30H23F4N7O. The fourth-order valence-corrected chi connectivity index (χ4v) is 4.95. The lowest BCUT2D eigenvalue weighted by Crippen LogP contribution is -2.35. The molecule has 212 valence electrons. The Kier molecular flexibility index (Phi) is 7.13. The van der Waals surface area contributed by atoms with Crippen LogP contribution in [0.5, 0.6) is 0 Å². The Labute approximate surface area is 236 Å². The molecule has 2 N–H and O–H groups in total. The summed E-state index contributed by atoms with van der Waals surface area (Å²) in [5, 5.41) is 23.3. The van der Waals surface area contributed by atoms with Gasteiger partial charge in [0.2, 0.25) is 0 Å². The lowest BCUT2D eigenvalue weighted by Gasteiger charge is -2.29. The SMILES string of the molecule is O[C@](CCNc1cc(-c2c(-c3ccc(F)cc3)nn3cc(F)ccc23)ccn1)(Cn1cncn1)c1ccc(F)cc1F. The molecule has 6 aromatic rings. The Morgan fingerprint density at radius 3 is 2.40 bits per heavy atom. The molecule has 0 spiro atoms. The van der Waals surface area contributed by atoms with E-state index in [9.17, 15) is 22.7 Å². The first-order valence-corrected chi connectivity index (χ1v) is 12.9. The quantitative estimate of drug-likeness (QED) is 0.219. The second-order valence-corrected chi connectivity index (χ2v) is 9.76. The molecule has 0 saturated carbocycles. The van der Waals surface area contributed by atoms with Crippen molar-refractivity contribution in [2.45, 2.75) is 18.6 Å². The summed E-state index contributed by atoms with van der Waals surface area (Å²) >= 11 is 0. The lowest BCUT2D eigenvalue weighted by molar-refractivity contribution is 0.00623. The molecule has 2 aromatic carbocycles. The van der Waals surface area contributed by atoms with E-state index in [0.29, 0.717) is 33.7 Å². The van der Waals surface area contributed by atoms with Gasteiger partial charge < -0.3 is 10.4 Å². The van der Waals surface area contributed by atoms with E-state index in [1.807, 2.05) is 0 Å². The molecule has 0 fully saturated rings. The van der Waals surface area contributed by atoms with Crippen LogP contribution in [0.1, 0.15) is 12.0 Å². The van der Waals surface area contributed by atoms with Crippen LogP contribution in [0.15, 0.2) is 91.8 Å². The highest BCUT2D eigenvalue weighted by molar-refractivity contribution is 5.92. The molecular weight excluding hydrogens is 550 g/mol. The fraction of sp³-hybridized carbons (Fsp3) is 0.133. The molecule has 0 unspecified atom stereocenters. The summed E-state index contributed by atoms with van der Waals surface area (Å²) in [5.41, 5.74) is 1.35. The van der Waals surface area contributed by atoms with Crippen molar-refractivity contribution in [3.63, 3.8) is 0 Å². The average molecular weight is 574 g/mol. The van der Waals surface area contributed by atoms with Gasteiger partial charge in [-0.1, -0.05) is 6.07 Å². The second-order valence-electron chi connectivity index (χ2n) is 9.76. The molecule has 0 aliphatic heterocycles. The topological polar surface area (TPSA) is 93.2 Å². The first-order valence-electron chi connectivity index (χ1n) is 12.9. The van der Waals surface area contributed by atoms with Crippen LogP contribution in [0.2, 0.25) is 0 Å². The summed E-state index contributed by atoms with van der Waals surface area (Å²) in [4.78, 5) is 8.25. The van der Waals surface area contributed by atoms with Crippen molar-refractivity contribution in [2.24, 2.45) is 0 Å². The van der Waals surface area contributed by atoms with E-state index in [0.717, 1.165) is 12.1 Å². The Bertz CT molecular complexity index is 1860. The number of nitrogens with zero attached hydrogens (tertiary/aromatic N) is 6. The molecule has 0 radical (unpaired) electrons. The summed E-state index contributed by atoms with van der Waals surface area (Å²) in [7, 11) is 0. The van der Waals surface area contributed by atoms with Gasteiger partial charge in [-0.25, -0.2) is 36.7 Å². The molecule has 8 nitrogen and oxygen atoms in total. The Balaban J connectivity index is 1.30. The first-order chi connectivity index (χ1) is 20.3. The van der Waals surface area contributed by atoms with Crippen molar-refractivity contribution in [3.8, 4) is 22.4 Å². The van der Waals surface area contributed by atoms with Crippen LogP contribution in [0.4, 0.5) is 23.4 Å². The lowest BCUT2D eigenvalue weighted by atomic mass is 9.89. The Hall–Kier alpha value is -5.10. The highest BCUT2D eigenvalue weighted by Crippen LogP contribution is 2.36. The van der Waals surface area contributed by atoms with Gasteiger partial charge in [0.1, 0.15) is 53.0 Å². The van der Waals surface area contributed by atoms with Crippen molar-refractivity contribution in [3.05, 3.63) is 121 Å². The summed E-state index contributed by atoms with van der Waals surface area (Å²) in [6, 6.07) is 15.4. The van der Waals surface area contributed by atoms with Crippen LogP contribution in [0.25, 0.3) is 27.9 Å². The van der Waals surface area contributed by atoms with Gasteiger partial charge >= 0.3 is 0 Å². The summed E-state index contributed by atoms with van der Waals surface area (Å²) in [6.07, 6.45) is 5.55. The van der Waals surface area contributed by atoms with Crippen molar-refractivity contribution < 1.29 is 22.7 Å². The number of halogens is 4. The predicted octanol–water partition coefficient (Wildman–Crippen LogP) is 5.60. The van der Waals surface area contributed by atoms with E-state index in [1.165, 1.54) is 52.3 Å². The molecule has 4 heterocycles. The van der Waals surface area contributed by atoms with E-state index < -0.39 is 28.9 Å². The van der Waals surface area contributed by atoms with Gasteiger partial charge in [-0.3, -0.25) is 0 Å². The highest BCUT2D eigenvalue weighted by Gasteiger charge is 2.33. The van der Waals surface area contributed by atoms with Crippen LogP contribution < -0.4 is 5.32 Å². The van der Waals surface area contributed by atoms with Gasteiger partial charge in [-0.05, 0) is 66.6 Å². The number of hydrogen-bond donors (Lipinski definition) is 2. The number of pyridine rings is 2. The molecule has 0 aliphatic carbocycles. The zero-order valence-corrected chi connectivity index (χ0v) is 21.9. The maximum atomic E-state index is 14.8. The zero-order valence-electron chi connectivity index (χ0n) is 21.9. The smallest absolute Gasteiger partial charge is 0.141 e. The standard InChI is InChI=1S/C30H23F4N7O/c31-21-3-1-19(2-4-21)29-28(26-8-6-23(33)15-41(26)39-29)20-9-11-36-27(13-20)37-12-10-30(42,16-40-18-35-17-38-40)24-7-5-22(32)14-25(24)34/h1-9,11,13-15,17-18,42H,10,12,16H2,(H,36,37)/t30-/m1/s1.